The first-order valence-corrected chi connectivity index (χ1v) is 7.10. The van der Waals surface area contributed by atoms with Crippen LogP contribution < -0.4 is 5.73 Å². The molecule has 2 aromatic rings. The highest BCUT2D eigenvalue weighted by Crippen LogP contribution is 2.30. The van der Waals surface area contributed by atoms with Crippen LogP contribution in [-0.4, -0.2) is 0 Å². The van der Waals surface area contributed by atoms with Gasteiger partial charge in [-0.2, -0.15) is 0 Å². The summed E-state index contributed by atoms with van der Waals surface area (Å²) in [5, 5.41) is 0. The highest BCUT2D eigenvalue weighted by atomic mass is 32.2. The molecule has 0 unspecified atom stereocenters. The average molecular weight is 257 g/mol. The van der Waals surface area contributed by atoms with Crippen molar-refractivity contribution >= 4 is 17.4 Å². The Kier molecular flexibility index (Phi) is 3.97. The van der Waals surface area contributed by atoms with Crippen molar-refractivity contribution in [3.63, 3.8) is 0 Å². The number of para-hydroxylation sites is 1. The molecule has 0 aliphatic heterocycles. The fourth-order valence-corrected chi connectivity index (χ4v) is 3.00. The number of thioether (sulfide) groups is 1. The van der Waals surface area contributed by atoms with Crippen LogP contribution in [0.2, 0.25) is 0 Å². The molecule has 0 fully saturated rings. The Morgan fingerprint density at radius 3 is 2.56 bits per heavy atom. The SMILES string of the molecule is Cc1ccc(C)c(CSc2cccc(C)c2N)c1. The predicted octanol–water partition coefficient (Wildman–Crippen LogP) is 4.49. The number of aryl methyl sites for hydroxylation is 3. The number of nitrogens with two attached hydrogens (primary N) is 1. The van der Waals surface area contributed by atoms with E-state index in [4.69, 9.17) is 5.73 Å². The summed E-state index contributed by atoms with van der Waals surface area (Å²) in [6.07, 6.45) is 0. The van der Waals surface area contributed by atoms with Crippen LogP contribution in [-0.2, 0) is 5.75 Å². The molecule has 0 aromatic heterocycles. The van der Waals surface area contributed by atoms with E-state index in [-0.39, 0.29) is 0 Å². The Labute approximate surface area is 113 Å². The van der Waals surface area contributed by atoms with Gasteiger partial charge in [-0.05, 0) is 43.5 Å². The topological polar surface area (TPSA) is 26.0 Å². The summed E-state index contributed by atoms with van der Waals surface area (Å²) in [6, 6.07) is 12.8. The van der Waals surface area contributed by atoms with Crippen LogP contribution in [0.15, 0.2) is 41.3 Å². The molecule has 94 valence electrons. The van der Waals surface area contributed by atoms with Gasteiger partial charge in [0.15, 0.2) is 0 Å². The summed E-state index contributed by atoms with van der Waals surface area (Å²) in [7, 11) is 0. The Bertz CT molecular complexity index is 559. The number of hydrogen-bond donors (Lipinski definition) is 1. The minimum absolute atomic E-state index is 0.910. The van der Waals surface area contributed by atoms with Crippen LogP contribution in [0.5, 0.6) is 0 Å². The lowest BCUT2D eigenvalue weighted by atomic mass is 10.1. The first-order valence-electron chi connectivity index (χ1n) is 6.12. The summed E-state index contributed by atoms with van der Waals surface area (Å²) < 4.78 is 0. The molecular formula is C16H19NS. The molecule has 1 nitrogen and oxygen atoms in total. The lowest BCUT2D eigenvalue weighted by Gasteiger charge is -2.10. The maximum atomic E-state index is 6.09. The van der Waals surface area contributed by atoms with Gasteiger partial charge in [0, 0.05) is 16.3 Å². The van der Waals surface area contributed by atoms with Gasteiger partial charge in [-0.1, -0.05) is 35.9 Å². The van der Waals surface area contributed by atoms with Crippen LogP contribution in [0.3, 0.4) is 0 Å². The molecule has 0 amide bonds. The summed E-state index contributed by atoms with van der Waals surface area (Å²) in [4.78, 5) is 1.18. The van der Waals surface area contributed by atoms with Crippen molar-refractivity contribution in [1.29, 1.82) is 0 Å². The zero-order valence-electron chi connectivity index (χ0n) is 11.2. The molecule has 0 aliphatic carbocycles. The van der Waals surface area contributed by atoms with Gasteiger partial charge in [-0.3, -0.25) is 0 Å². The second-order valence-corrected chi connectivity index (χ2v) is 5.72. The molecule has 0 aliphatic rings. The van der Waals surface area contributed by atoms with Crippen LogP contribution >= 0.6 is 11.8 Å². The highest BCUT2D eigenvalue weighted by Gasteiger charge is 2.04. The van der Waals surface area contributed by atoms with E-state index in [1.807, 2.05) is 11.8 Å². The molecule has 2 rings (SSSR count). The van der Waals surface area contributed by atoms with Crippen molar-refractivity contribution in [3.05, 3.63) is 58.7 Å². The largest absolute Gasteiger partial charge is 0.398 e. The normalized spacial score (nSPS) is 10.6. The van der Waals surface area contributed by atoms with Gasteiger partial charge in [-0.15, -0.1) is 11.8 Å². The summed E-state index contributed by atoms with van der Waals surface area (Å²) in [6.45, 7) is 6.35. The number of nitrogen functional groups attached to an aromatic ring is 1. The van der Waals surface area contributed by atoms with Crippen molar-refractivity contribution in [2.75, 3.05) is 5.73 Å². The van der Waals surface area contributed by atoms with Gasteiger partial charge in [0.05, 0.1) is 0 Å². The molecule has 2 N–H and O–H groups in total. The standard InChI is InChI=1S/C16H19NS/c1-11-7-8-12(2)14(9-11)10-18-15-6-4-5-13(3)16(15)17/h4-9H,10,17H2,1-3H3. The predicted molar refractivity (Wildman–Crippen MR) is 81.1 cm³/mol. The Morgan fingerprint density at radius 1 is 1.00 bits per heavy atom. The van der Waals surface area contributed by atoms with Crippen molar-refractivity contribution in [3.8, 4) is 0 Å². The van der Waals surface area contributed by atoms with Crippen LogP contribution in [0, 0.1) is 20.8 Å². The van der Waals surface area contributed by atoms with Crippen molar-refractivity contribution in [2.24, 2.45) is 0 Å². The summed E-state index contributed by atoms with van der Waals surface area (Å²) in [5.41, 5.74) is 12.2. The molecule has 0 heterocycles. The minimum atomic E-state index is 0.910. The fourth-order valence-electron chi connectivity index (χ4n) is 1.89. The number of benzene rings is 2. The second-order valence-electron chi connectivity index (χ2n) is 4.71. The van der Waals surface area contributed by atoms with Gasteiger partial charge in [0.2, 0.25) is 0 Å². The Morgan fingerprint density at radius 2 is 1.78 bits per heavy atom. The third-order valence-electron chi connectivity index (χ3n) is 3.17. The molecule has 0 saturated carbocycles. The zero-order valence-corrected chi connectivity index (χ0v) is 12.0. The fraction of sp³-hybridized carbons (Fsp3) is 0.250. The van der Waals surface area contributed by atoms with Crippen molar-refractivity contribution in [1.82, 2.24) is 0 Å². The Balaban J connectivity index is 2.16. The van der Waals surface area contributed by atoms with Gasteiger partial charge in [0.25, 0.3) is 0 Å². The van der Waals surface area contributed by atoms with Crippen LogP contribution in [0.1, 0.15) is 22.3 Å². The molecular weight excluding hydrogens is 238 g/mol. The highest BCUT2D eigenvalue weighted by molar-refractivity contribution is 7.98. The molecule has 2 heteroatoms. The minimum Gasteiger partial charge on any atom is -0.398 e. The molecule has 0 bridgehead atoms. The quantitative estimate of drug-likeness (QED) is 0.648. The van der Waals surface area contributed by atoms with Gasteiger partial charge in [0.1, 0.15) is 0 Å². The van der Waals surface area contributed by atoms with E-state index in [2.05, 4.69) is 57.2 Å². The van der Waals surface area contributed by atoms with Crippen LogP contribution in [0.25, 0.3) is 0 Å². The van der Waals surface area contributed by atoms with Crippen LogP contribution in [0.4, 0.5) is 5.69 Å². The number of hydrogen-bond acceptors (Lipinski definition) is 2. The lowest BCUT2D eigenvalue weighted by molar-refractivity contribution is 1.27. The van der Waals surface area contributed by atoms with Gasteiger partial charge in [-0.25, -0.2) is 0 Å². The first-order chi connectivity index (χ1) is 8.58. The number of anilines is 1. The maximum Gasteiger partial charge on any atom is 0.0482 e. The van der Waals surface area contributed by atoms with Gasteiger partial charge >= 0.3 is 0 Å². The lowest BCUT2D eigenvalue weighted by Crippen LogP contribution is -1.93. The van der Waals surface area contributed by atoms with Crippen molar-refractivity contribution < 1.29 is 0 Å². The second kappa shape index (κ2) is 5.49. The third-order valence-corrected chi connectivity index (χ3v) is 4.29. The smallest absolute Gasteiger partial charge is 0.0482 e. The Hall–Kier alpha value is -1.41. The third kappa shape index (κ3) is 2.88. The van der Waals surface area contributed by atoms with E-state index >= 15 is 0 Å². The van der Waals surface area contributed by atoms with E-state index in [0.29, 0.717) is 0 Å². The molecule has 2 aromatic carbocycles. The monoisotopic (exact) mass is 257 g/mol. The first kappa shape index (κ1) is 13.0. The summed E-state index contributed by atoms with van der Waals surface area (Å²) in [5.74, 6) is 0.973. The van der Waals surface area contributed by atoms with Crippen molar-refractivity contribution in [2.45, 2.75) is 31.4 Å². The number of rotatable bonds is 3. The average Bonchev–Trinajstić information content (AvgIpc) is 2.35. The zero-order chi connectivity index (χ0) is 13.1. The van der Waals surface area contributed by atoms with E-state index in [1.54, 1.807) is 0 Å². The van der Waals surface area contributed by atoms with Gasteiger partial charge < -0.3 is 5.73 Å². The van der Waals surface area contributed by atoms with E-state index in [1.165, 1.54) is 21.6 Å². The molecule has 18 heavy (non-hydrogen) atoms. The maximum absolute atomic E-state index is 6.09. The molecule has 0 radical (unpaired) electrons. The summed E-state index contributed by atoms with van der Waals surface area (Å²) >= 11 is 1.81. The van der Waals surface area contributed by atoms with E-state index in [0.717, 1.165) is 17.0 Å². The molecule has 0 spiro atoms. The molecule has 0 atom stereocenters. The van der Waals surface area contributed by atoms with E-state index in [9.17, 15) is 0 Å². The molecule has 0 saturated heterocycles. The van der Waals surface area contributed by atoms with E-state index < -0.39 is 0 Å².